The monoisotopic (exact) mass is 283 g/mol. The van der Waals surface area contributed by atoms with Crippen molar-refractivity contribution in [2.75, 3.05) is 7.11 Å². The van der Waals surface area contributed by atoms with Gasteiger partial charge in [-0.1, -0.05) is 17.7 Å². The van der Waals surface area contributed by atoms with E-state index >= 15 is 0 Å². The summed E-state index contributed by atoms with van der Waals surface area (Å²) in [5, 5.41) is 0.531. The molecule has 1 heterocycles. The van der Waals surface area contributed by atoms with Crippen LogP contribution in [0.15, 0.2) is 36.5 Å². The highest BCUT2D eigenvalue weighted by Crippen LogP contribution is 2.26. The van der Waals surface area contributed by atoms with Gasteiger partial charge in [0.2, 0.25) is 5.88 Å². The lowest BCUT2D eigenvalue weighted by molar-refractivity contribution is 0.407. The van der Waals surface area contributed by atoms with E-state index in [4.69, 9.17) is 32.7 Å². The van der Waals surface area contributed by atoms with Gasteiger partial charge in [0.1, 0.15) is 11.5 Å². The summed E-state index contributed by atoms with van der Waals surface area (Å²) in [5.74, 6) is 2.13. The highest BCUT2D eigenvalue weighted by molar-refractivity contribution is 6.32. The van der Waals surface area contributed by atoms with E-state index in [-0.39, 0.29) is 0 Å². The second-order valence-corrected chi connectivity index (χ2v) is 4.20. The normalized spacial score (nSPS) is 10.2. The number of hydrogen-bond acceptors (Lipinski definition) is 3. The molecule has 5 heteroatoms. The van der Waals surface area contributed by atoms with E-state index in [2.05, 4.69) is 4.98 Å². The maximum absolute atomic E-state index is 5.92. The minimum Gasteiger partial charge on any atom is -0.497 e. The number of aromatic nitrogens is 1. The zero-order valence-electron chi connectivity index (χ0n) is 9.69. The van der Waals surface area contributed by atoms with Gasteiger partial charge < -0.3 is 9.47 Å². The summed E-state index contributed by atoms with van der Waals surface area (Å²) < 4.78 is 10.7. The maximum Gasteiger partial charge on any atom is 0.219 e. The predicted molar refractivity (Wildman–Crippen MR) is 71.9 cm³/mol. The van der Waals surface area contributed by atoms with Gasteiger partial charge in [0, 0.05) is 24.2 Å². The van der Waals surface area contributed by atoms with Gasteiger partial charge in [0.15, 0.2) is 0 Å². The summed E-state index contributed by atoms with van der Waals surface area (Å²) in [5.41, 5.74) is 0.784. The fourth-order valence-electron chi connectivity index (χ4n) is 1.40. The molecular formula is C13H11Cl2NO2. The van der Waals surface area contributed by atoms with E-state index < -0.39 is 0 Å². The number of methoxy groups -OCH3 is 1. The first-order chi connectivity index (χ1) is 8.72. The molecule has 0 aliphatic carbocycles. The van der Waals surface area contributed by atoms with Gasteiger partial charge in [0.25, 0.3) is 0 Å². The van der Waals surface area contributed by atoms with Crippen molar-refractivity contribution in [1.82, 2.24) is 4.98 Å². The zero-order chi connectivity index (χ0) is 13.0. The molecular weight excluding hydrogens is 273 g/mol. The number of benzene rings is 1. The third kappa shape index (κ3) is 3.06. The second-order valence-electron chi connectivity index (χ2n) is 3.53. The highest BCUT2D eigenvalue weighted by atomic mass is 35.5. The number of hydrogen-bond donors (Lipinski definition) is 0. The van der Waals surface area contributed by atoms with Gasteiger partial charge in [-0.3, -0.25) is 0 Å². The molecule has 0 fully saturated rings. The van der Waals surface area contributed by atoms with Crippen LogP contribution >= 0.6 is 23.2 Å². The maximum atomic E-state index is 5.92. The quantitative estimate of drug-likeness (QED) is 0.785. The molecule has 1 aromatic heterocycles. The van der Waals surface area contributed by atoms with E-state index in [0.717, 1.165) is 11.3 Å². The molecule has 18 heavy (non-hydrogen) atoms. The first kappa shape index (κ1) is 13.0. The van der Waals surface area contributed by atoms with Crippen LogP contribution in [0, 0.1) is 0 Å². The first-order valence-corrected chi connectivity index (χ1v) is 6.16. The van der Waals surface area contributed by atoms with E-state index in [0.29, 0.717) is 22.5 Å². The molecule has 1 aromatic carbocycles. The van der Waals surface area contributed by atoms with E-state index in [1.165, 1.54) is 6.20 Å². The van der Waals surface area contributed by atoms with Crippen molar-refractivity contribution in [3.05, 3.63) is 47.1 Å². The minimum atomic E-state index is 0.315. The molecule has 0 saturated heterocycles. The molecule has 0 radical (unpaired) electrons. The van der Waals surface area contributed by atoms with E-state index in [1.54, 1.807) is 19.2 Å². The average molecular weight is 284 g/mol. The molecule has 0 aliphatic heterocycles. The molecule has 2 aromatic rings. The van der Waals surface area contributed by atoms with Crippen LogP contribution in [0.3, 0.4) is 0 Å². The Kier molecular flexibility index (Phi) is 4.28. The Morgan fingerprint density at radius 1 is 1.22 bits per heavy atom. The van der Waals surface area contributed by atoms with Crippen molar-refractivity contribution in [3.8, 4) is 17.4 Å². The number of alkyl halides is 1. The number of pyridine rings is 1. The van der Waals surface area contributed by atoms with Crippen molar-refractivity contribution >= 4 is 23.2 Å². The molecule has 0 aliphatic rings. The van der Waals surface area contributed by atoms with Crippen molar-refractivity contribution in [1.29, 1.82) is 0 Å². The SMILES string of the molecule is COc1cccc(Oc2cc(CCl)c(Cl)cn2)c1. The highest BCUT2D eigenvalue weighted by Gasteiger charge is 2.05. The van der Waals surface area contributed by atoms with Gasteiger partial charge in [-0.25, -0.2) is 4.98 Å². The second kappa shape index (κ2) is 5.94. The van der Waals surface area contributed by atoms with Crippen molar-refractivity contribution in [2.45, 2.75) is 5.88 Å². The van der Waals surface area contributed by atoms with Crippen LogP contribution in [0.5, 0.6) is 17.4 Å². The molecule has 0 saturated carbocycles. The van der Waals surface area contributed by atoms with Crippen LogP contribution in [0.25, 0.3) is 0 Å². The van der Waals surface area contributed by atoms with Gasteiger partial charge in [-0.15, -0.1) is 11.6 Å². The Labute approximate surface area is 115 Å². The Morgan fingerprint density at radius 2 is 2.00 bits per heavy atom. The summed E-state index contributed by atoms with van der Waals surface area (Å²) in [7, 11) is 1.60. The van der Waals surface area contributed by atoms with Crippen molar-refractivity contribution < 1.29 is 9.47 Å². The third-order valence-electron chi connectivity index (χ3n) is 2.32. The lowest BCUT2D eigenvalue weighted by Gasteiger charge is -2.08. The summed E-state index contributed by atoms with van der Waals surface area (Å²) in [6, 6.07) is 8.99. The smallest absolute Gasteiger partial charge is 0.219 e. The van der Waals surface area contributed by atoms with Gasteiger partial charge in [-0.2, -0.15) is 0 Å². The number of rotatable bonds is 4. The molecule has 2 rings (SSSR count). The van der Waals surface area contributed by atoms with Gasteiger partial charge in [0.05, 0.1) is 12.1 Å². The van der Waals surface area contributed by atoms with Gasteiger partial charge in [-0.05, 0) is 17.7 Å². The predicted octanol–water partition coefficient (Wildman–Crippen LogP) is 4.27. The molecule has 0 amide bonds. The van der Waals surface area contributed by atoms with Crippen molar-refractivity contribution in [2.24, 2.45) is 0 Å². The van der Waals surface area contributed by atoms with Crippen LogP contribution in [0.4, 0.5) is 0 Å². The van der Waals surface area contributed by atoms with Crippen LogP contribution in [-0.4, -0.2) is 12.1 Å². The topological polar surface area (TPSA) is 31.4 Å². The number of halogens is 2. The fraction of sp³-hybridized carbons (Fsp3) is 0.154. The summed E-state index contributed by atoms with van der Waals surface area (Å²) >= 11 is 11.7. The molecule has 3 nitrogen and oxygen atoms in total. The summed E-state index contributed by atoms with van der Waals surface area (Å²) in [6.45, 7) is 0. The molecule has 0 N–H and O–H groups in total. The fourth-order valence-corrected chi connectivity index (χ4v) is 1.86. The van der Waals surface area contributed by atoms with E-state index in [1.807, 2.05) is 18.2 Å². The van der Waals surface area contributed by atoms with Crippen LogP contribution in [0.1, 0.15) is 5.56 Å². The summed E-state index contributed by atoms with van der Waals surface area (Å²) in [4.78, 5) is 4.08. The Hall–Kier alpha value is -1.45. The minimum absolute atomic E-state index is 0.315. The zero-order valence-corrected chi connectivity index (χ0v) is 11.2. The Morgan fingerprint density at radius 3 is 2.72 bits per heavy atom. The van der Waals surface area contributed by atoms with Crippen LogP contribution in [0.2, 0.25) is 5.02 Å². The lowest BCUT2D eigenvalue weighted by atomic mass is 10.3. The van der Waals surface area contributed by atoms with Crippen LogP contribution < -0.4 is 9.47 Å². The standard InChI is InChI=1S/C13H11Cl2NO2/c1-17-10-3-2-4-11(6-10)18-13-5-9(7-14)12(15)8-16-13/h2-6,8H,7H2,1H3. The molecule has 0 spiro atoms. The summed E-state index contributed by atoms with van der Waals surface area (Å²) in [6.07, 6.45) is 1.52. The van der Waals surface area contributed by atoms with Crippen molar-refractivity contribution in [3.63, 3.8) is 0 Å². The van der Waals surface area contributed by atoms with Crippen LogP contribution in [-0.2, 0) is 5.88 Å². The number of nitrogens with zero attached hydrogens (tertiary/aromatic N) is 1. The molecule has 0 unspecified atom stereocenters. The number of ether oxygens (including phenoxy) is 2. The third-order valence-corrected chi connectivity index (χ3v) is 2.95. The average Bonchev–Trinajstić information content (AvgIpc) is 2.41. The Bertz CT molecular complexity index is 546. The molecule has 94 valence electrons. The Balaban J connectivity index is 2.22. The van der Waals surface area contributed by atoms with E-state index in [9.17, 15) is 0 Å². The molecule has 0 bridgehead atoms. The largest absolute Gasteiger partial charge is 0.497 e. The van der Waals surface area contributed by atoms with Gasteiger partial charge >= 0.3 is 0 Å². The first-order valence-electron chi connectivity index (χ1n) is 5.25. The lowest BCUT2D eigenvalue weighted by Crippen LogP contribution is -1.91. The molecule has 0 atom stereocenters.